The number of fused-ring (bicyclic) bond motifs is 1. The second-order valence-electron chi connectivity index (χ2n) is 7.37. The zero-order valence-electron chi connectivity index (χ0n) is 15.1. The molecule has 2 N–H and O–H groups in total. The summed E-state index contributed by atoms with van der Waals surface area (Å²) in [6.45, 7) is 2.98. The molecule has 8 heteroatoms. The fourth-order valence-electron chi connectivity index (χ4n) is 4.64. The normalized spacial score (nSPS) is 23.8. The first kappa shape index (κ1) is 17.5. The SMILES string of the molecule is CNCC(=O)N1CCCCC12CCCN(c1c(Cl)cnc3[nH]ncc13)C2. The largest absolute Gasteiger partial charge is 0.367 e. The van der Waals surface area contributed by atoms with Crippen molar-refractivity contribution in [3.63, 3.8) is 0 Å². The Morgan fingerprint density at radius 1 is 1.31 bits per heavy atom. The number of aromatic nitrogens is 3. The van der Waals surface area contributed by atoms with Crippen LogP contribution in [-0.2, 0) is 4.79 Å². The van der Waals surface area contributed by atoms with Gasteiger partial charge in [-0.05, 0) is 39.2 Å². The molecule has 2 fully saturated rings. The van der Waals surface area contributed by atoms with E-state index in [-0.39, 0.29) is 11.4 Å². The summed E-state index contributed by atoms with van der Waals surface area (Å²) in [5, 5.41) is 11.6. The Balaban J connectivity index is 1.68. The van der Waals surface area contributed by atoms with Crippen LogP contribution in [0.1, 0.15) is 32.1 Å². The van der Waals surface area contributed by atoms with Crippen LogP contribution in [0.15, 0.2) is 12.4 Å². The molecule has 0 aliphatic carbocycles. The molecule has 2 aromatic rings. The minimum atomic E-state index is -0.104. The molecule has 1 atom stereocenters. The Labute approximate surface area is 158 Å². The van der Waals surface area contributed by atoms with Gasteiger partial charge in [0.05, 0.1) is 40.6 Å². The first-order chi connectivity index (χ1) is 12.6. The monoisotopic (exact) mass is 376 g/mol. The summed E-state index contributed by atoms with van der Waals surface area (Å²) < 4.78 is 0. The van der Waals surface area contributed by atoms with Crippen LogP contribution in [-0.4, -0.2) is 64.8 Å². The Kier molecular flexibility index (Phi) is 4.75. The number of nitrogens with zero attached hydrogens (tertiary/aromatic N) is 4. The van der Waals surface area contributed by atoms with Gasteiger partial charge < -0.3 is 15.1 Å². The van der Waals surface area contributed by atoms with Gasteiger partial charge in [-0.15, -0.1) is 0 Å². The number of likely N-dealkylation sites (N-methyl/N-ethyl adjacent to an activating group) is 1. The number of likely N-dealkylation sites (tertiary alicyclic amines) is 1. The molecule has 2 saturated heterocycles. The Bertz CT molecular complexity index is 804. The van der Waals surface area contributed by atoms with Gasteiger partial charge >= 0.3 is 0 Å². The lowest BCUT2D eigenvalue weighted by Gasteiger charge is -2.53. The van der Waals surface area contributed by atoms with E-state index in [0.29, 0.717) is 11.6 Å². The van der Waals surface area contributed by atoms with Crippen LogP contribution in [0, 0.1) is 0 Å². The van der Waals surface area contributed by atoms with Crippen LogP contribution in [0.3, 0.4) is 0 Å². The number of carbonyl (C=O) groups is 1. The van der Waals surface area contributed by atoms with E-state index in [2.05, 4.69) is 30.3 Å². The van der Waals surface area contributed by atoms with Crippen LogP contribution in [0.2, 0.25) is 5.02 Å². The van der Waals surface area contributed by atoms with Gasteiger partial charge in [0.1, 0.15) is 0 Å². The lowest BCUT2D eigenvalue weighted by Crippen LogP contribution is -2.63. The van der Waals surface area contributed by atoms with Gasteiger partial charge in [0, 0.05) is 19.6 Å². The van der Waals surface area contributed by atoms with Crippen LogP contribution >= 0.6 is 11.6 Å². The van der Waals surface area contributed by atoms with Gasteiger partial charge in [-0.25, -0.2) is 4.98 Å². The lowest BCUT2D eigenvalue weighted by molar-refractivity contribution is -0.139. The Morgan fingerprint density at radius 2 is 2.15 bits per heavy atom. The van der Waals surface area contributed by atoms with E-state index in [9.17, 15) is 4.79 Å². The number of H-pyrrole nitrogens is 1. The third-order valence-corrected chi connectivity index (χ3v) is 6.03. The third kappa shape index (κ3) is 2.93. The van der Waals surface area contributed by atoms with Crippen molar-refractivity contribution in [2.75, 3.05) is 38.1 Å². The second-order valence-corrected chi connectivity index (χ2v) is 7.78. The summed E-state index contributed by atoms with van der Waals surface area (Å²) in [4.78, 5) is 21.5. The average molecular weight is 377 g/mol. The van der Waals surface area contributed by atoms with Crippen LogP contribution < -0.4 is 10.2 Å². The molecular weight excluding hydrogens is 352 g/mol. The summed E-state index contributed by atoms with van der Waals surface area (Å²) in [6.07, 6.45) is 8.87. The molecule has 140 valence electrons. The van der Waals surface area contributed by atoms with Crippen molar-refractivity contribution in [3.8, 4) is 0 Å². The third-order valence-electron chi connectivity index (χ3n) is 5.75. The van der Waals surface area contributed by atoms with Crippen molar-refractivity contribution >= 4 is 34.2 Å². The number of aromatic amines is 1. The maximum Gasteiger partial charge on any atom is 0.237 e. The van der Waals surface area contributed by atoms with Crippen molar-refractivity contribution in [3.05, 3.63) is 17.4 Å². The number of hydrogen-bond acceptors (Lipinski definition) is 5. The lowest BCUT2D eigenvalue weighted by atomic mass is 9.79. The number of rotatable bonds is 3. The van der Waals surface area contributed by atoms with Gasteiger partial charge in [0.2, 0.25) is 5.91 Å². The Morgan fingerprint density at radius 3 is 3.00 bits per heavy atom. The smallest absolute Gasteiger partial charge is 0.237 e. The molecule has 2 aromatic heterocycles. The summed E-state index contributed by atoms with van der Waals surface area (Å²) in [5.74, 6) is 0.198. The van der Waals surface area contributed by atoms with Crippen molar-refractivity contribution in [1.29, 1.82) is 0 Å². The molecule has 2 aliphatic rings. The maximum absolute atomic E-state index is 12.7. The molecule has 1 spiro atoms. The number of pyridine rings is 1. The van der Waals surface area contributed by atoms with E-state index in [1.165, 1.54) is 6.42 Å². The first-order valence-corrected chi connectivity index (χ1v) is 9.70. The second kappa shape index (κ2) is 7.04. The molecule has 0 bridgehead atoms. The predicted octanol–water partition coefficient (Wildman–Crippen LogP) is 2.18. The molecular formula is C18H25ClN6O. The fourth-order valence-corrected chi connectivity index (χ4v) is 4.91. The molecule has 26 heavy (non-hydrogen) atoms. The van der Waals surface area contributed by atoms with Crippen molar-refractivity contribution in [2.24, 2.45) is 0 Å². The van der Waals surface area contributed by atoms with E-state index in [1.54, 1.807) is 12.4 Å². The van der Waals surface area contributed by atoms with Gasteiger partial charge in [0.15, 0.2) is 5.65 Å². The zero-order valence-corrected chi connectivity index (χ0v) is 15.8. The molecule has 1 unspecified atom stereocenters. The van der Waals surface area contributed by atoms with Crippen LogP contribution in [0.5, 0.6) is 0 Å². The molecule has 7 nitrogen and oxygen atoms in total. The first-order valence-electron chi connectivity index (χ1n) is 9.32. The van der Waals surface area contributed by atoms with Crippen LogP contribution in [0.25, 0.3) is 11.0 Å². The van der Waals surface area contributed by atoms with Crippen molar-refractivity contribution in [1.82, 2.24) is 25.4 Å². The maximum atomic E-state index is 12.7. The van der Waals surface area contributed by atoms with E-state index in [4.69, 9.17) is 11.6 Å². The minimum absolute atomic E-state index is 0.104. The standard InChI is InChI=1S/C18H25ClN6O/c1-20-11-15(26)25-8-3-2-5-18(25)6-4-7-24(12-18)16-13-9-22-23-17(13)21-10-14(16)19/h9-10,20H,2-8,11-12H2,1H3,(H,21,22,23). The Hall–Kier alpha value is -1.86. The number of piperidine rings is 2. The van der Waals surface area contributed by atoms with Gasteiger partial charge in [-0.1, -0.05) is 11.6 Å². The highest BCUT2D eigenvalue weighted by molar-refractivity contribution is 6.34. The quantitative estimate of drug-likeness (QED) is 0.858. The number of halogens is 1. The van der Waals surface area contributed by atoms with Gasteiger partial charge in [0.25, 0.3) is 0 Å². The molecule has 0 saturated carbocycles. The van der Waals surface area contributed by atoms with Gasteiger partial charge in [-0.3, -0.25) is 9.89 Å². The highest BCUT2D eigenvalue weighted by atomic mass is 35.5. The molecule has 1 amide bonds. The fraction of sp³-hybridized carbons (Fsp3) is 0.611. The van der Waals surface area contributed by atoms with Crippen molar-refractivity contribution in [2.45, 2.75) is 37.6 Å². The zero-order chi connectivity index (χ0) is 18.1. The topological polar surface area (TPSA) is 77.2 Å². The number of carbonyl (C=O) groups excluding carboxylic acids is 1. The molecule has 0 radical (unpaired) electrons. The summed E-state index contributed by atoms with van der Waals surface area (Å²) in [7, 11) is 1.83. The number of nitrogens with one attached hydrogen (secondary N) is 2. The highest BCUT2D eigenvalue weighted by Gasteiger charge is 2.44. The number of amides is 1. The van der Waals surface area contributed by atoms with E-state index < -0.39 is 0 Å². The molecule has 2 aliphatic heterocycles. The molecule has 4 heterocycles. The van der Waals surface area contributed by atoms with E-state index in [1.807, 2.05) is 7.05 Å². The average Bonchev–Trinajstić information content (AvgIpc) is 3.10. The summed E-state index contributed by atoms with van der Waals surface area (Å²) in [5.41, 5.74) is 1.62. The molecule has 4 rings (SSSR count). The highest BCUT2D eigenvalue weighted by Crippen LogP contribution is 2.41. The predicted molar refractivity (Wildman–Crippen MR) is 103 cm³/mol. The van der Waals surface area contributed by atoms with E-state index >= 15 is 0 Å². The summed E-state index contributed by atoms with van der Waals surface area (Å²) in [6, 6.07) is 0. The number of hydrogen-bond donors (Lipinski definition) is 2. The van der Waals surface area contributed by atoms with Gasteiger partial charge in [-0.2, -0.15) is 5.10 Å². The minimum Gasteiger partial charge on any atom is -0.367 e. The van der Waals surface area contributed by atoms with E-state index in [0.717, 1.165) is 62.0 Å². The molecule has 0 aromatic carbocycles. The van der Waals surface area contributed by atoms with Crippen molar-refractivity contribution < 1.29 is 4.79 Å². The number of anilines is 1. The van der Waals surface area contributed by atoms with Crippen LogP contribution in [0.4, 0.5) is 5.69 Å². The summed E-state index contributed by atoms with van der Waals surface area (Å²) >= 11 is 6.53.